The molecule has 2 aromatic carbocycles. The minimum absolute atomic E-state index is 0.0375. The van der Waals surface area contributed by atoms with Gasteiger partial charge in [-0.25, -0.2) is 0 Å². The average Bonchev–Trinajstić information content (AvgIpc) is 2.67. The van der Waals surface area contributed by atoms with E-state index in [9.17, 15) is 9.59 Å². The first-order valence-electron chi connectivity index (χ1n) is 8.94. The summed E-state index contributed by atoms with van der Waals surface area (Å²) in [5.41, 5.74) is 4.16. The quantitative estimate of drug-likeness (QED) is 0.797. The van der Waals surface area contributed by atoms with Crippen LogP contribution in [-0.2, 0) is 9.59 Å². The van der Waals surface area contributed by atoms with Gasteiger partial charge in [0.1, 0.15) is 0 Å². The van der Waals surface area contributed by atoms with E-state index in [1.807, 2.05) is 90.9 Å². The highest BCUT2D eigenvalue weighted by atomic mass is 16.1. The molecule has 1 aliphatic rings. The summed E-state index contributed by atoms with van der Waals surface area (Å²) in [6.07, 6.45) is 3.68. The summed E-state index contributed by atoms with van der Waals surface area (Å²) < 4.78 is 0. The maximum Gasteiger partial charge on any atom is 0.158 e. The zero-order valence-corrected chi connectivity index (χ0v) is 16.1. The average molecular weight is 360 g/mol. The molecule has 0 amide bonds. The van der Waals surface area contributed by atoms with Crippen molar-refractivity contribution < 1.29 is 9.59 Å². The summed E-state index contributed by atoms with van der Waals surface area (Å²) in [4.78, 5) is 28.8. The molecule has 0 spiro atoms. The Hall–Kier alpha value is -3.14. The summed E-state index contributed by atoms with van der Waals surface area (Å²) in [5, 5.41) is 0. The Balaban J connectivity index is 2.10. The number of allylic oxidation sites excluding steroid dienone is 2. The highest BCUT2D eigenvalue weighted by Crippen LogP contribution is 2.38. The van der Waals surface area contributed by atoms with Crippen molar-refractivity contribution in [2.24, 2.45) is 0 Å². The van der Waals surface area contributed by atoms with E-state index in [1.165, 1.54) is 0 Å². The van der Waals surface area contributed by atoms with E-state index in [0.29, 0.717) is 11.1 Å². The van der Waals surface area contributed by atoms with Crippen LogP contribution in [0.4, 0.5) is 11.4 Å². The summed E-state index contributed by atoms with van der Waals surface area (Å²) in [5.74, 6) is -0.426. The van der Waals surface area contributed by atoms with E-state index < -0.39 is 0 Å². The molecule has 0 saturated heterocycles. The predicted molar refractivity (Wildman–Crippen MR) is 110 cm³/mol. The number of anilines is 2. The monoisotopic (exact) mass is 360 g/mol. The van der Waals surface area contributed by atoms with Gasteiger partial charge in [0.15, 0.2) is 11.6 Å². The Morgan fingerprint density at radius 3 is 1.78 bits per heavy atom. The molecule has 0 aromatic heterocycles. The van der Waals surface area contributed by atoms with Gasteiger partial charge in [-0.2, -0.15) is 0 Å². The zero-order valence-electron chi connectivity index (χ0n) is 16.1. The number of ketones is 2. The molecule has 0 unspecified atom stereocenters. The molecule has 4 heteroatoms. The SMILES string of the molecule is CC(=O)C1=CN(c2ccccc2)C=C(C(C)=O)C1c1ccc(N(C)C)cc1. The number of hydrogen-bond acceptors (Lipinski definition) is 4. The van der Waals surface area contributed by atoms with E-state index in [4.69, 9.17) is 0 Å². The molecule has 3 rings (SSSR count). The first-order chi connectivity index (χ1) is 12.9. The minimum Gasteiger partial charge on any atom is -0.378 e. The second-order valence-corrected chi connectivity index (χ2v) is 6.94. The van der Waals surface area contributed by atoms with Crippen LogP contribution in [0.1, 0.15) is 25.3 Å². The number of nitrogens with zero attached hydrogens (tertiary/aromatic N) is 2. The molecule has 27 heavy (non-hydrogen) atoms. The molecule has 0 fully saturated rings. The summed E-state index contributed by atoms with van der Waals surface area (Å²) in [6, 6.07) is 17.7. The minimum atomic E-state index is -0.351. The van der Waals surface area contributed by atoms with Crippen LogP contribution in [0.25, 0.3) is 0 Å². The van der Waals surface area contributed by atoms with Crippen molar-refractivity contribution in [1.29, 1.82) is 0 Å². The topological polar surface area (TPSA) is 40.6 Å². The highest BCUT2D eigenvalue weighted by molar-refractivity contribution is 6.03. The Labute approximate surface area is 160 Å². The highest BCUT2D eigenvalue weighted by Gasteiger charge is 2.31. The van der Waals surface area contributed by atoms with Crippen LogP contribution in [0, 0.1) is 0 Å². The van der Waals surface area contributed by atoms with Gasteiger partial charge in [-0.1, -0.05) is 30.3 Å². The molecular formula is C23H24N2O2. The maximum absolute atomic E-state index is 12.5. The predicted octanol–water partition coefficient (Wildman–Crippen LogP) is 4.30. The van der Waals surface area contributed by atoms with Crippen LogP contribution in [0.3, 0.4) is 0 Å². The van der Waals surface area contributed by atoms with Crippen LogP contribution in [0.15, 0.2) is 78.1 Å². The van der Waals surface area contributed by atoms with Gasteiger partial charge in [0.05, 0.1) is 0 Å². The fourth-order valence-electron chi connectivity index (χ4n) is 3.32. The molecule has 0 radical (unpaired) electrons. The molecule has 2 aromatic rings. The molecule has 0 atom stereocenters. The van der Waals surface area contributed by atoms with Gasteiger partial charge in [-0.3, -0.25) is 9.59 Å². The largest absolute Gasteiger partial charge is 0.378 e. The number of carbonyl (C=O) groups is 2. The van der Waals surface area contributed by atoms with Crippen molar-refractivity contribution in [1.82, 2.24) is 0 Å². The van der Waals surface area contributed by atoms with Crippen molar-refractivity contribution in [3.05, 3.63) is 83.7 Å². The standard InChI is InChI=1S/C23H24N2O2/c1-16(26)21-14-25(20-8-6-5-7-9-20)15-22(17(2)27)23(21)18-10-12-19(13-11-18)24(3)4/h5-15,23H,1-4H3. The zero-order chi connectivity index (χ0) is 19.6. The normalized spacial score (nSPS) is 14.4. The van der Waals surface area contributed by atoms with Crippen molar-refractivity contribution in [3.8, 4) is 0 Å². The fourth-order valence-corrected chi connectivity index (χ4v) is 3.32. The smallest absolute Gasteiger partial charge is 0.158 e. The molecule has 138 valence electrons. The van der Waals surface area contributed by atoms with E-state index in [-0.39, 0.29) is 17.5 Å². The van der Waals surface area contributed by atoms with Gasteiger partial charge in [0.25, 0.3) is 0 Å². The number of hydrogen-bond donors (Lipinski definition) is 0. The van der Waals surface area contributed by atoms with E-state index >= 15 is 0 Å². The van der Waals surface area contributed by atoms with Crippen molar-refractivity contribution in [2.75, 3.05) is 23.9 Å². The number of rotatable bonds is 5. The molecule has 0 saturated carbocycles. The van der Waals surface area contributed by atoms with Crippen LogP contribution >= 0.6 is 0 Å². The van der Waals surface area contributed by atoms with Gasteiger partial charge in [-0.05, 0) is 43.7 Å². The molecule has 4 nitrogen and oxygen atoms in total. The van der Waals surface area contributed by atoms with Gasteiger partial charge in [0, 0.05) is 54.9 Å². The van der Waals surface area contributed by atoms with E-state index in [1.54, 1.807) is 13.8 Å². The van der Waals surface area contributed by atoms with Crippen LogP contribution in [0.5, 0.6) is 0 Å². The van der Waals surface area contributed by atoms with E-state index in [0.717, 1.165) is 16.9 Å². The Kier molecular flexibility index (Phi) is 5.26. The number of Topliss-reactive ketones (excluding diaryl/α,β-unsaturated/α-hetero) is 2. The lowest BCUT2D eigenvalue weighted by Crippen LogP contribution is -2.26. The molecule has 0 bridgehead atoms. The van der Waals surface area contributed by atoms with Gasteiger partial charge in [-0.15, -0.1) is 0 Å². The fraction of sp³-hybridized carbons (Fsp3) is 0.217. The molecule has 0 N–H and O–H groups in total. The van der Waals surface area contributed by atoms with Crippen molar-refractivity contribution >= 4 is 22.9 Å². The lowest BCUT2D eigenvalue weighted by Gasteiger charge is -2.30. The van der Waals surface area contributed by atoms with Gasteiger partial charge in [0.2, 0.25) is 0 Å². The Bertz CT molecular complexity index is 877. The number of carbonyl (C=O) groups excluding carboxylic acids is 2. The van der Waals surface area contributed by atoms with Crippen molar-refractivity contribution in [3.63, 3.8) is 0 Å². The van der Waals surface area contributed by atoms with Crippen molar-refractivity contribution in [2.45, 2.75) is 19.8 Å². The first-order valence-corrected chi connectivity index (χ1v) is 8.94. The Morgan fingerprint density at radius 2 is 1.33 bits per heavy atom. The number of para-hydroxylation sites is 1. The van der Waals surface area contributed by atoms with Gasteiger partial charge >= 0.3 is 0 Å². The summed E-state index contributed by atoms with van der Waals surface area (Å²) >= 11 is 0. The molecule has 1 heterocycles. The third kappa shape index (κ3) is 3.85. The second kappa shape index (κ2) is 7.62. The van der Waals surface area contributed by atoms with E-state index in [2.05, 4.69) is 0 Å². The molecule has 1 aliphatic heterocycles. The maximum atomic E-state index is 12.5. The van der Waals surface area contributed by atoms with Crippen LogP contribution < -0.4 is 9.80 Å². The lowest BCUT2D eigenvalue weighted by molar-refractivity contribution is -0.114. The third-order valence-electron chi connectivity index (χ3n) is 4.79. The first kappa shape index (κ1) is 18.6. The summed E-state index contributed by atoms with van der Waals surface area (Å²) in [7, 11) is 3.96. The second-order valence-electron chi connectivity index (χ2n) is 6.94. The number of benzene rings is 2. The van der Waals surface area contributed by atoms with Crippen LogP contribution in [-0.4, -0.2) is 25.7 Å². The van der Waals surface area contributed by atoms with Gasteiger partial charge < -0.3 is 9.80 Å². The Morgan fingerprint density at radius 1 is 0.815 bits per heavy atom. The molecule has 0 aliphatic carbocycles. The lowest BCUT2D eigenvalue weighted by atomic mass is 9.80. The molecular weight excluding hydrogens is 336 g/mol. The van der Waals surface area contributed by atoms with Crippen LogP contribution in [0.2, 0.25) is 0 Å². The third-order valence-corrected chi connectivity index (χ3v) is 4.79. The summed E-state index contributed by atoms with van der Waals surface area (Å²) in [6.45, 7) is 3.11.